The van der Waals surface area contributed by atoms with Crippen molar-refractivity contribution in [3.8, 4) is 0 Å². The third kappa shape index (κ3) is 3.93. The van der Waals surface area contributed by atoms with E-state index in [0.29, 0.717) is 16.5 Å². The lowest BCUT2D eigenvalue weighted by molar-refractivity contribution is -0.121. The number of amides is 2. The molecule has 0 saturated heterocycles. The van der Waals surface area contributed by atoms with Gasteiger partial charge in [0.15, 0.2) is 5.17 Å². The summed E-state index contributed by atoms with van der Waals surface area (Å²) in [5.41, 5.74) is 6.97. The van der Waals surface area contributed by atoms with Crippen LogP contribution in [0, 0.1) is 5.92 Å². The molecule has 140 valence electrons. The predicted molar refractivity (Wildman–Crippen MR) is 103 cm³/mol. The number of amidine groups is 1. The molecule has 1 aromatic heterocycles. The van der Waals surface area contributed by atoms with Crippen LogP contribution in [0.25, 0.3) is 0 Å². The smallest absolute Gasteiger partial charge is 0.341 e. The molecule has 3 rings (SSSR count). The van der Waals surface area contributed by atoms with E-state index in [-0.39, 0.29) is 24.1 Å². The van der Waals surface area contributed by atoms with Crippen LogP contribution in [-0.4, -0.2) is 34.8 Å². The van der Waals surface area contributed by atoms with Crippen molar-refractivity contribution in [2.75, 3.05) is 11.9 Å². The Kier molecular flexibility index (Phi) is 5.67. The summed E-state index contributed by atoms with van der Waals surface area (Å²) in [6, 6.07) is 0. The maximum Gasteiger partial charge on any atom is 0.341 e. The SMILES string of the molecule is CCOC(=O)c1c(NC(=O)C[C@@H]2SC(N)=NC2=O)sc2c1CC[C@H](C)C2. The number of rotatable bonds is 5. The van der Waals surface area contributed by atoms with Gasteiger partial charge in [0.25, 0.3) is 5.91 Å². The van der Waals surface area contributed by atoms with E-state index in [9.17, 15) is 14.4 Å². The number of carbonyl (C=O) groups excluding carboxylic acids is 3. The molecule has 2 aliphatic rings. The molecule has 1 aliphatic carbocycles. The summed E-state index contributed by atoms with van der Waals surface area (Å²) in [6.07, 6.45) is 2.67. The van der Waals surface area contributed by atoms with E-state index in [1.54, 1.807) is 6.92 Å². The number of hydrogen-bond donors (Lipinski definition) is 2. The second-order valence-corrected chi connectivity index (χ2v) is 8.75. The minimum absolute atomic E-state index is 0.0328. The molecular formula is C17H21N3O4S2. The van der Waals surface area contributed by atoms with Crippen molar-refractivity contribution in [3.05, 3.63) is 16.0 Å². The molecule has 0 unspecified atom stereocenters. The molecule has 0 fully saturated rings. The molecule has 7 nitrogen and oxygen atoms in total. The predicted octanol–water partition coefficient (Wildman–Crippen LogP) is 2.33. The van der Waals surface area contributed by atoms with Crippen molar-refractivity contribution in [1.82, 2.24) is 0 Å². The monoisotopic (exact) mass is 395 g/mol. The number of nitrogens with two attached hydrogens (primary N) is 1. The van der Waals surface area contributed by atoms with Crippen LogP contribution >= 0.6 is 23.1 Å². The fraction of sp³-hybridized carbons (Fsp3) is 0.529. The van der Waals surface area contributed by atoms with Crippen molar-refractivity contribution in [1.29, 1.82) is 0 Å². The van der Waals surface area contributed by atoms with Gasteiger partial charge >= 0.3 is 5.97 Å². The number of thiophene rings is 1. The standard InChI is InChI=1S/C17H21N3O4S2/c1-3-24-16(23)13-9-5-4-8(2)6-10(9)25-15(13)19-12(21)7-11-14(22)20-17(18)26-11/h8,11H,3-7H2,1-2H3,(H,19,21)(H2,18,20,22)/t8-,11-/m0/s1. The van der Waals surface area contributed by atoms with Crippen molar-refractivity contribution < 1.29 is 19.1 Å². The Morgan fingerprint density at radius 3 is 2.85 bits per heavy atom. The van der Waals surface area contributed by atoms with Gasteiger partial charge in [0.05, 0.1) is 12.2 Å². The molecule has 1 aromatic rings. The third-order valence-electron chi connectivity index (χ3n) is 4.37. The molecule has 26 heavy (non-hydrogen) atoms. The van der Waals surface area contributed by atoms with Gasteiger partial charge in [-0.3, -0.25) is 9.59 Å². The van der Waals surface area contributed by atoms with Crippen molar-refractivity contribution in [3.63, 3.8) is 0 Å². The maximum atomic E-state index is 12.4. The summed E-state index contributed by atoms with van der Waals surface area (Å²) in [5.74, 6) is -0.591. The van der Waals surface area contributed by atoms with Gasteiger partial charge in [-0.15, -0.1) is 11.3 Å². The first-order valence-electron chi connectivity index (χ1n) is 8.55. The molecular weight excluding hydrogens is 374 g/mol. The van der Waals surface area contributed by atoms with Crippen LogP contribution in [0.2, 0.25) is 0 Å². The van der Waals surface area contributed by atoms with Crippen molar-refractivity contribution >= 4 is 51.1 Å². The molecule has 0 aromatic carbocycles. The zero-order chi connectivity index (χ0) is 18.8. The van der Waals surface area contributed by atoms with Gasteiger partial charge in [-0.2, -0.15) is 4.99 Å². The van der Waals surface area contributed by atoms with E-state index in [4.69, 9.17) is 10.5 Å². The van der Waals surface area contributed by atoms with Crippen molar-refractivity contribution in [2.45, 2.75) is 44.8 Å². The fourth-order valence-corrected chi connectivity index (χ4v) is 5.37. The quantitative estimate of drug-likeness (QED) is 0.740. The van der Waals surface area contributed by atoms with Gasteiger partial charge in [0.1, 0.15) is 10.3 Å². The number of aliphatic imine (C=N–C) groups is 1. The Morgan fingerprint density at radius 2 is 2.19 bits per heavy atom. The Balaban J connectivity index is 1.79. The lowest BCUT2D eigenvalue weighted by Crippen LogP contribution is -2.22. The van der Waals surface area contributed by atoms with E-state index >= 15 is 0 Å². The molecule has 0 radical (unpaired) electrons. The third-order valence-corrected chi connectivity index (χ3v) is 6.53. The Hall–Kier alpha value is -1.87. The van der Waals surface area contributed by atoms with Gasteiger partial charge in [-0.1, -0.05) is 18.7 Å². The number of anilines is 1. The number of nitrogens with zero attached hydrogens (tertiary/aromatic N) is 1. The zero-order valence-corrected chi connectivity index (χ0v) is 16.3. The highest BCUT2D eigenvalue weighted by molar-refractivity contribution is 8.15. The minimum atomic E-state index is -0.601. The first-order chi connectivity index (χ1) is 12.4. The largest absolute Gasteiger partial charge is 0.462 e. The topological polar surface area (TPSA) is 111 Å². The number of thioether (sulfide) groups is 1. The Bertz CT molecular complexity index is 787. The summed E-state index contributed by atoms with van der Waals surface area (Å²) < 4.78 is 5.19. The highest BCUT2D eigenvalue weighted by atomic mass is 32.2. The molecule has 2 heterocycles. The van der Waals surface area contributed by atoms with Crippen LogP contribution in [-0.2, 0) is 27.2 Å². The minimum Gasteiger partial charge on any atom is -0.462 e. The molecule has 3 N–H and O–H groups in total. The fourth-order valence-electron chi connectivity index (χ4n) is 3.14. The second-order valence-electron chi connectivity index (χ2n) is 6.42. The number of carbonyl (C=O) groups is 3. The van der Waals surface area contributed by atoms with Crippen LogP contribution in [0.5, 0.6) is 0 Å². The lowest BCUT2D eigenvalue weighted by atomic mass is 9.88. The summed E-state index contributed by atoms with van der Waals surface area (Å²) in [7, 11) is 0. The molecule has 2 amide bonds. The van der Waals surface area contributed by atoms with E-state index in [0.717, 1.165) is 41.5 Å². The first-order valence-corrected chi connectivity index (χ1v) is 10.2. The highest BCUT2D eigenvalue weighted by Gasteiger charge is 2.32. The highest BCUT2D eigenvalue weighted by Crippen LogP contribution is 2.40. The Morgan fingerprint density at radius 1 is 1.42 bits per heavy atom. The summed E-state index contributed by atoms with van der Waals surface area (Å²) in [5, 5.41) is 2.90. The van der Waals surface area contributed by atoms with Gasteiger partial charge < -0.3 is 15.8 Å². The van der Waals surface area contributed by atoms with Crippen LogP contribution in [0.1, 0.15) is 47.5 Å². The molecule has 0 spiro atoms. The van der Waals surface area contributed by atoms with E-state index in [1.165, 1.54) is 11.3 Å². The molecule has 2 atom stereocenters. The number of hydrogen-bond acceptors (Lipinski definition) is 7. The number of nitrogens with one attached hydrogen (secondary N) is 1. The first kappa shape index (κ1) is 18.9. The average molecular weight is 396 g/mol. The van der Waals surface area contributed by atoms with Gasteiger partial charge in [0.2, 0.25) is 5.91 Å². The van der Waals surface area contributed by atoms with Crippen molar-refractivity contribution in [2.24, 2.45) is 16.6 Å². The number of esters is 1. The average Bonchev–Trinajstić information content (AvgIpc) is 3.06. The second kappa shape index (κ2) is 7.79. The van der Waals surface area contributed by atoms with E-state index in [2.05, 4.69) is 17.2 Å². The maximum absolute atomic E-state index is 12.4. The van der Waals surface area contributed by atoms with E-state index < -0.39 is 17.1 Å². The van der Waals surface area contributed by atoms with E-state index in [1.807, 2.05) is 0 Å². The van der Waals surface area contributed by atoms with Crippen LogP contribution in [0.4, 0.5) is 5.00 Å². The number of fused-ring (bicyclic) bond motifs is 1. The Labute approximate surface area is 159 Å². The van der Waals surface area contributed by atoms with Gasteiger partial charge in [0, 0.05) is 11.3 Å². The van der Waals surface area contributed by atoms with Gasteiger partial charge in [-0.25, -0.2) is 4.79 Å². The van der Waals surface area contributed by atoms with Gasteiger partial charge in [-0.05, 0) is 37.7 Å². The zero-order valence-electron chi connectivity index (χ0n) is 14.7. The van der Waals surface area contributed by atoms with Crippen LogP contribution < -0.4 is 11.1 Å². The van der Waals surface area contributed by atoms with Crippen LogP contribution in [0.3, 0.4) is 0 Å². The number of ether oxygens (including phenoxy) is 1. The summed E-state index contributed by atoms with van der Waals surface area (Å²) >= 11 is 2.52. The summed E-state index contributed by atoms with van der Waals surface area (Å²) in [6.45, 7) is 4.21. The normalized spacial score (nSPS) is 21.9. The van der Waals surface area contributed by atoms with Crippen LogP contribution in [0.15, 0.2) is 4.99 Å². The molecule has 9 heteroatoms. The summed E-state index contributed by atoms with van der Waals surface area (Å²) in [4.78, 5) is 41.3. The molecule has 1 aliphatic heterocycles. The molecule has 0 saturated carbocycles. The lowest BCUT2D eigenvalue weighted by Gasteiger charge is -2.18. The molecule has 0 bridgehead atoms.